The molecule has 4 heterocycles. The summed E-state index contributed by atoms with van der Waals surface area (Å²) in [6.07, 6.45) is -0.775. The van der Waals surface area contributed by atoms with Crippen molar-refractivity contribution in [1.82, 2.24) is 20.0 Å². The predicted molar refractivity (Wildman–Crippen MR) is 114 cm³/mol. The van der Waals surface area contributed by atoms with Gasteiger partial charge in [0.05, 0.1) is 24.8 Å². The monoisotopic (exact) mass is 459 g/mol. The average Bonchev–Trinajstić information content (AvgIpc) is 3.49. The van der Waals surface area contributed by atoms with E-state index in [1.165, 1.54) is 12.1 Å². The van der Waals surface area contributed by atoms with E-state index >= 15 is 0 Å². The van der Waals surface area contributed by atoms with E-state index in [9.17, 15) is 13.2 Å². The molecule has 10 heteroatoms. The van der Waals surface area contributed by atoms with Gasteiger partial charge in [0, 0.05) is 31.4 Å². The quantitative estimate of drug-likeness (QED) is 0.563. The molecule has 0 aliphatic carbocycles. The Kier molecular flexibility index (Phi) is 6.03. The summed E-state index contributed by atoms with van der Waals surface area (Å²) in [5.41, 5.74) is 1.01. The van der Waals surface area contributed by atoms with Crippen LogP contribution in [0.15, 0.2) is 47.1 Å². The molecule has 0 amide bonds. The van der Waals surface area contributed by atoms with Crippen LogP contribution in [-0.4, -0.2) is 52.9 Å². The van der Waals surface area contributed by atoms with Gasteiger partial charge in [-0.3, -0.25) is 4.90 Å². The number of anilines is 1. The second kappa shape index (κ2) is 9.11. The Morgan fingerprint density at radius 2 is 1.82 bits per heavy atom. The summed E-state index contributed by atoms with van der Waals surface area (Å²) in [4.78, 5) is 13.4. The van der Waals surface area contributed by atoms with Crippen molar-refractivity contribution in [3.63, 3.8) is 0 Å². The number of hydrogen-bond donors (Lipinski definition) is 0. The summed E-state index contributed by atoms with van der Waals surface area (Å²) in [5.74, 6) is 1.88. The topological polar surface area (TPSA) is 67.5 Å². The van der Waals surface area contributed by atoms with Gasteiger partial charge in [0.15, 0.2) is 0 Å². The first-order chi connectivity index (χ1) is 16.0. The number of benzene rings is 1. The molecule has 3 aromatic rings. The number of halogens is 3. The second-order valence-corrected chi connectivity index (χ2v) is 8.28. The van der Waals surface area contributed by atoms with E-state index in [4.69, 9.17) is 9.26 Å². The first-order valence-electron chi connectivity index (χ1n) is 11.0. The Balaban J connectivity index is 1.30. The summed E-state index contributed by atoms with van der Waals surface area (Å²) in [6.45, 7) is 4.27. The summed E-state index contributed by atoms with van der Waals surface area (Å²) >= 11 is 0. The van der Waals surface area contributed by atoms with Gasteiger partial charge in [-0.25, -0.2) is 4.98 Å². The number of morpholine rings is 1. The number of pyridine rings is 1. The maximum atomic E-state index is 12.8. The predicted octanol–water partition coefficient (Wildman–Crippen LogP) is 4.32. The fraction of sp³-hybridized carbons (Fsp3) is 0.435. The zero-order chi connectivity index (χ0) is 22.8. The fourth-order valence-electron chi connectivity index (χ4n) is 4.34. The summed E-state index contributed by atoms with van der Waals surface area (Å²) in [6, 6.07) is 9.06. The number of ether oxygens (including phenoxy) is 1. The zero-order valence-electron chi connectivity index (χ0n) is 18.0. The number of rotatable bonds is 5. The minimum Gasteiger partial charge on any atom is -0.378 e. The van der Waals surface area contributed by atoms with E-state index in [1.807, 2.05) is 12.1 Å². The lowest BCUT2D eigenvalue weighted by atomic mass is 10.1. The van der Waals surface area contributed by atoms with Crippen molar-refractivity contribution in [3.8, 4) is 11.4 Å². The van der Waals surface area contributed by atoms with Crippen molar-refractivity contribution in [2.45, 2.75) is 31.6 Å². The summed E-state index contributed by atoms with van der Waals surface area (Å²) < 4.78 is 49.5. The molecule has 1 unspecified atom stereocenters. The van der Waals surface area contributed by atoms with Gasteiger partial charge in [-0.2, -0.15) is 18.2 Å². The Labute approximate surface area is 189 Å². The number of hydrogen-bond acceptors (Lipinski definition) is 7. The number of likely N-dealkylation sites (tertiary alicyclic amines) is 1. The Morgan fingerprint density at radius 3 is 2.58 bits per heavy atom. The molecule has 174 valence electrons. The van der Waals surface area contributed by atoms with Crippen LogP contribution in [0.1, 0.15) is 35.9 Å². The van der Waals surface area contributed by atoms with E-state index in [0.29, 0.717) is 31.5 Å². The van der Waals surface area contributed by atoms with E-state index < -0.39 is 11.7 Å². The number of aromatic nitrogens is 3. The lowest BCUT2D eigenvalue weighted by molar-refractivity contribution is -0.137. The average molecular weight is 459 g/mol. The van der Waals surface area contributed by atoms with E-state index in [-0.39, 0.29) is 6.04 Å². The molecule has 1 atom stereocenters. The third-order valence-electron chi connectivity index (χ3n) is 6.10. The van der Waals surface area contributed by atoms with E-state index in [2.05, 4.69) is 24.9 Å². The molecule has 0 bridgehead atoms. The van der Waals surface area contributed by atoms with Crippen molar-refractivity contribution >= 4 is 5.82 Å². The highest BCUT2D eigenvalue weighted by Crippen LogP contribution is 2.34. The van der Waals surface area contributed by atoms with E-state index in [1.54, 1.807) is 6.20 Å². The molecule has 2 aliphatic rings. The third-order valence-corrected chi connectivity index (χ3v) is 6.10. The SMILES string of the molecule is FC(F)(F)c1ccc(CN2CCCC2c2nc(-c3ccnc(N4CCOCC4)c3)no2)cc1. The fourth-order valence-corrected chi connectivity index (χ4v) is 4.34. The van der Waals surface area contributed by atoms with Gasteiger partial charge in [-0.05, 0) is 49.2 Å². The summed E-state index contributed by atoms with van der Waals surface area (Å²) in [7, 11) is 0. The van der Waals surface area contributed by atoms with Crippen molar-refractivity contribution in [2.75, 3.05) is 37.7 Å². The smallest absolute Gasteiger partial charge is 0.378 e. The molecule has 0 radical (unpaired) electrons. The highest BCUT2D eigenvalue weighted by atomic mass is 19.4. The lowest BCUT2D eigenvalue weighted by Gasteiger charge is -2.27. The van der Waals surface area contributed by atoms with Gasteiger partial charge in [0.25, 0.3) is 0 Å². The van der Waals surface area contributed by atoms with Crippen LogP contribution < -0.4 is 4.90 Å². The van der Waals surface area contributed by atoms with Crippen LogP contribution in [0, 0.1) is 0 Å². The highest BCUT2D eigenvalue weighted by molar-refractivity contribution is 5.59. The molecule has 33 heavy (non-hydrogen) atoms. The van der Waals surface area contributed by atoms with Crippen LogP contribution in [0.2, 0.25) is 0 Å². The number of nitrogens with zero attached hydrogens (tertiary/aromatic N) is 5. The normalized spacial score (nSPS) is 19.8. The zero-order valence-corrected chi connectivity index (χ0v) is 18.0. The molecular weight excluding hydrogens is 435 g/mol. The minimum atomic E-state index is -4.33. The standard InChI is InChI=1S/C23H24F3N5O2/c24-23(25,26)18-5-3-16(4-6-18)15-31-9-1-2-19(31)22-28-21(29-33-22)17-7-8-27-20(14-17)30-10-12-32-13-11-30/h3-8,14,19H,1-2,9-13,15H2. The molecule has 5 rings (SSSR count). The van der Waals surface area contributed by atoms with Crippen molar-refractivity contribution in [1.29, 1.82) is 0 Å². The molecular formula is C23H24F3N5O2. The molecule has 2 aliphatic heterocycles. The molecule has 0 spiro atoms. The van der Waals surface area contributed by atoms with Crippen LogP contribution in [-0.2, 0) is 17.5 Å². The molecule has 7 nitrogen and oxygen atoms in total. The maximum Gasteiger partial charge on any atom is 0.416 e. The van der Waals surface area contributed by atoms with Crippen LogP contribution in [0.4, 0.5) is 19.0 Å². The molecule has 0 N–H and O–H groups in total. The molecule has 2 aromatic heterocycles. The Morgan fingerprint density at radius 1 is 1.03 bits per heavy atom. The van der Waals surface area contributed by atoms with E-state index in [0.717, 1.165) is 61.6 Å². The van der Waals surface area contributed by atoms with Gasteiger partial charge in [0.1, 0.15) is 5.82 Å². The Hall–Kier alpha value is -2.98. The van der Waals surface area contributed by atoms with Crippen molar-refractivity contribution < 1.29 is 22.4 Å². The largest absolute Gasteiger partial charge is 0.416 e. The van der Waals surface area contributed by atoms with Crippen LogP contribution in [0.25, 0.3) is 11.4 Å². The van der Waals surface area contributed by atoms with Crippen LogP contribution >= 0.6 is 0 Å². The van der Waals surface area contributed by atoms with Gasteiger partial charge >= 0.3 is 6.18 Å². The molecule has 0 saturated carbocycles. The lowest BCUT2D eigenvalue weighted by Crippen LogP contribution is -2.36. The van der Waals surface area contributed by atoms with Gasteiger partial charge in [0.2, 0.25) is 11.7 Å². The third kappa shape index (κ3) is 4.86. The highest BCUT2D eigenvalue weighted by Gasteiger charge is 2.32. The first-order valence-corrected chi connectivity index (χ1v) is 11.0. The minimum absolute atomic E-state index is 0.0610. The number of alkyl halides is 3. The molecule has 2 fully saturated rings. The molecule has 1 aromatic carbocycles. The van der Waals surface area contributed by atoms with Crippen LogP contribution in [0.3, 0.4) is 0 Å². The molecule has 2 saturated heterocycles. The first kappa shape index (κ1) is 21.8. The van der Waals surface area contributed by atoms with Crippen molar-refractivity contribution in [2.24, 2.45) is 0 Å². The van der Waals surface area contributed by atoms with Gasteiger partial charge in [-0.15, -0.1) is 0 Å². The van der Waals surface area contributed by atoms with Gasteiger partial charge in [-0.1, -0.05) is 17.3 Å². The summed E-state index contributed by atoms with van der Waals surface area (Å²) in [5, 5.41) is 4.19. The Bertz CT molecular complexity index is 1080. The maximum absolute atomic E-state index is 12.8. The van der Waals surface area contributed by atoms with Crippen molar-refractivity contribution in [3.05, 3.63) is 59.6 Å². The van der Waals surface area contributed by atoms with Crippen LogP contribution in [0.5, 0.6) is 0 Å². The second-order valence-electron chi connectivity index (χ2n) is 8.28. The van der Waals surface area contributed by atoms with Gasteiger partial charge < -0.3 is 14.2 Å².